The lowest BCUT2D eigenvalue weighted by Gasteiger charge is -2.25. The lowest BCUT2D eigenvalue weighted by Crippen LogP contribution is -2.40. The third kappa shape index (κ3) is 6.45. The summed E-state index contributed by atoms with van der Waals surface area (Å²) in [6, 6.07) is 20.1. The summed E-state index contributed by atoms with van der Waals surface area (Å²) in [6.07, 6.45) is 0. The summed E-state index contributed by atoms with van der Waals surface area (Å²) < 4.78 is 44.6. The van der Waals surface area contributed by atoms with Crippen LogP contribution in [-0.2, 0) is 21.4 Å². The number of anilines is 1. The number of carbonyl (C=O) groups is 1. The van der Waals surface area contributed by atoms with E-state index in [4.69, 9.17) is 14.2 Å². The van der Waals surface area contributed by atoms with E-state index in [2.05, 4.69) is 5.32 Å². The molecule has 0 saturated carbocycles. The van der Waals surface area contributed by atoms with E-state index in [1.807, 2.05) is 19.9 Å². The molecule has 0 heterocycles. The highest BCUT2D eigenvalue weighted by atomic mass is 32.2. The van der Waals surface area contributed by atoms with E-state index in [1.165, 1.54) is 19.2 Å². The number of amides is 1. The maximum Gasteiger partial charge on any atom is 0.264 e. The number of hydrogen-bond donors (Lipinski definition) is 1. The second kappa shape index (κ2) is 12.1. The zero-order chi connectivity index (χ0) is 25.3. The number of methoxy groups -OCH3 is 1. The van der Waals surface area contributed by atoms with Crippen LogP contribution in [0.1, 0.15) is 19.4 Å². The molecule has 35 heavy (non-hydrogen) atoms. The van der Waals surface area contributed by atoms with E-state index in [9.17, 15) is 13.2 Å². The summed E-state index contributed by atoms with van der Waals surface area (Å²) in [5, 5.41) is 2.80. The van der Waals surface area contributed by atoms with Gasteiger partial charge in [0.1, 0.15) is 12.3 Å². The van der Waals surface area contributed by atoms with Gasteiger partial charge in [0, 0.05) is 6.54 Å². The van der Waals surface area contributed by atoms with Crippen LogP contribution in [0.5, 0.6) is 17.2 Å². The lowest BCUT2D eigenvalue weighted by molar-refractivity contribution is -0.119. The van der Waals surface area contributed by atoms with Crippen LogP contribution in [-0.4, -0.2) is 41.2 Å². The van der Waals surface area contributed by atoms with Crippen molar-refractivity contribution in [1.82, 2.24) is 5.32 Å². The molecule has 8 nitrogen and oxygen atoms in total. The Morgan fingerprint density at radius 3 is 2.20 bits per heavy atom. The molecule has 0 aromatic heterocycles. The Bertz CT molecular complexity index is 1230. The third-order valence-corrected chi connectivity index (χ3v) is 6.84. The van der Waals surface area contributed by atoms with Gasteiger partial charge >= 0.3 is 0 Å². The van der Waals surface area contributed by atoms with E-state index in [1.54, 1.807) is 54.6 Å². The fourth-order valence-corrected chi connectivity index (χ4v) is 4.90. The van der Waals surface area contributed by atoms with Crippen LogP contribution < -0.4 is 23.8 Å². The minimum atomic E-state index is -4.03. The summed E-state index contributed by atoms with van der Waals surface area (Å²) in [6.45, 7) is 4.51. The number of ether oxygens (including phenoxy) is 3. The molecule has 1 amide bonds. The maximum absolute atomic E-state index is 13.5. The number of nitrogens with zero attached hydrogens (tertiary/aromatic N) is 1. The standard InChI is InChI=1S/C26H30N2O6S/c1-4-33-24-16-15-20(17-25(24)34-5-2)18-27-26(29)19-28(22-13-9-10-14-23(22)32-3)35(30,31)21-11-7-6-8-12-21/h6-17H,4-5,18-19H2,1-3H3,(H,27,29). The highest BCUT2D eigenvalue weighted by molar-refractivity contribution is 7.92. The molecular formula is C26H30N2O6S. The summed E-state index contributed by atoms with van der Waals surface area (Å²) in [4.78, 5) is 13.0. The maximum atomic E-state index is 13.5. The normalized spacial score (nSPS) is 10.9. The quantitative estimate of drug-likeness (QED) is 0.406. The summed E-state index contributed by atoms with van der Waals surface area (Å²) in [5.74, 6) is 1.08. The summed E-state index contributed by atoms with van der Waals surface area (Å²) in [7, 11) is -2.58. The van der Waals surface area contributed by atoms with Crippen LogP contribution in [0.4, 0.5) is 5.69 Å². The van der Waals surface area contributed by atoms with Gasteiger partial charge in [0.2, 0.25) is 5.91 Å². The monoisotopic (exact) mass is 498 g/mol. The Morgan fingerprint density at radius 2 is 1.51 bits per heavy atom. The molecule has 1 N–H and O–H groups in total. The topological polar surface area (TPSA) is 94.2 Å². The second-order valence-corrected chi connectivity index (χ2v) is 9.28. The SMILES string of the molecule is CCOc1ccc(CNC(=O)CN(c2ccccc2OC)S(=O)(=O)c2ccccc2)cc1OCC. The predicted octanol–water partition coefficient (Wildman–Crippen LogP) is 4.00. The predicted molar refractivity (Wildman–Crippen MR) is 135 cm³/mol. The molecule has 0 fully saturated rings. The molecular weight excluding hydrogens is 468 g/mol. The number of benzene rings is 3. The van der Waals surface area contributed by atoms with Crippen LogP contribution in [0.25, 0.3) is 0 Å². The minimum Gasteiger partial charge on any atom is -0.495 e. The average molecular weight is 499 g/mol. The minimum absolute atomic E-state index is 0.0755. The number of hydrogen-bond acceptors (Lipinski definition) is 6. The second-order valence-electron chi connectivity index (χ2n) is 7.42. The highest BCUT2D eigenvalue weighted by Gasteiger charge is 2.29. The van der Waals surface area contributed by atoms with Crippen molar-refractivity contribution in [2.45, 2.75) is 25.3 Å². The van der Waals surface area contributed by atoms with Gasteiger partial charge in [0.05, 0.1) is 30.9 Å². The van der Waals surface area contributed by atoms with Crippen molar-refractivity contribution in [2.24, 2.45) is 0 Å². The Morgan fingerprint density at radius 1 is 0.857 bits per heavy atom. The van der Waals surface area contributed by atoms with Crippen LogP contribution in [0, 0.1) is 0 Å². The number of rotatable bonds is 12. The van der Waals surface area contributed by atoms with Crippen molar-refractivity contribution in [1.29, 1.82) is 0 Å². The summed E-state index contributed by atoms with van der Waals surface area (Å²) >= 11 is 0. The van der Waals surface area contributed by atoms with Crippen LogP contribution in [0.15, 0.2) is 77.7 Å². The van der Waals surface area contributed by atoms with Gasteiger partial charge in [-0.1, -0.05) is 36.4 Å². The molecule has 0 aliphatic heterocycles. The van der Waals surface area contributed by atoms with Gasteiger partial charge < -0.3 is 19.5 Å². The fourth-order valence-electron chi connectivity index (χ4n) is 3.45. The number of carbonyl (C=O) groups excluding carboxylic acids is 1. The van der Waals surface area contributed by atoms with Gasteiger partial charge in [0.25, 0.3) is 10.0 Å². The average Bonchev–Trinajstić information content (AvgIpc) is 2.88. The van der Waals surface area contributed by atoms with Gasteiger partial charge in [-0.25, -0.2) is 8.42 Å². The number of nitrogens with one attached hydrogen (secondary N) is 1. The van der Waals surface area contributed by atoms with E-state index < -0.39 is 22.5 Å². The molecule has 0 bridgehead atoms. The van der Waals surface area contributed by atoms with Crippen molar-refractivity contribution in [3.63, 3.8) is 0 Å². The van der Waals surface area contributed by atoms with Crippen LogP contribution in [0.2, 0.25) is 0 Å². The zero-order valence-electron chi connectivity index (χ0n) is 20.1. The lowest BCUT2D eigenvalue weighted by atomic mass is 10.2. The van der Waals surface area contributed by atoms with Gasteiger partial charge in [-0.05, 0) is 55.8 Å². The van der Waals surface area contributed by atoms with Crippen molar-refractivity contribution in [3.8, 4) is 17.2 Å². The molecule has 0 aliphatic carbocycles. The Kier molecular flexibility index (Phi) is 8.97. The van der Waals surface area contributed by atoms with Crippen molar-refractivity contribution in [2.75, 3.05) is 31.2 Å². The Balaban J connectivity index is 1.83. The first-order chi connectivity index (χ1) is 16.9. The van der Waals surface area contributed by atoms with Gasteiger partial charge in [-0.2, -0.15) is 0 Å². The first kappa shape index (κ1) is 25.9. The summed E-state index contributed by atoms with van der Waals surface area (Å²) in [5.41, 5.74) is 1.06. The molecule has 9 heteroatoms. The molecule has 0 radical (unpaired) electrons. The highest BCUT2D eigenvalue weighted by Crippen LogP contribution is 2.32. The molecule has 0 unspecified atom stereocenters. The van der Waals surface area contributed by atoms with Gasteiger partial charge in [-0.15, -0.1) is 0 Å². The van der Waals surface area contributed by atoms with Crippen LogP contribution in [0.3, 0.4) is 0 Å². The molecule has 0 aliphatic rings. The van der Waals surface area contributed by atoms with Gasteiger partial charge in [-0.3, -0.25) is 9.10 Å². The van der Waals surface area contributed by atoms with E-state index in [-0.39, 0.29) is 17.1 Å². The first-order valence-electron chi connectivity index (χ1n) is 11.3. The van der Waals surface area contributed by atoms with E-state index >= 15 is 0 Å². The molecule has 0 saturated heterocycles. The molecule has 0 atom stereocenters. The smallest absolute Gasteiger partial charge is 0.264 e. The molecule has 0 spiro atoms. The molecule has 3 aromatic carbocycles. The molecule has 3 rings (SSSR count). The van der Waals surface area contributed by atoms with Crippen molar-refractivity contribution < 1.29 is 27.4 Å². The van der Waals surface area contributed by atoms with Crippen molar-refractivity contribution >= 4 is 21.6 Å². The number of sulfonamides is 1. The number of para-hydroxylation sites is 2. The Labute approximate surface area is 206 Å². The molecule has 186 valence electrons. The van der Waals surface area contributed by atoms with E-state index in [0.717, 1.165) is 9.87 Å². The largest absolute Gasteiger partial charge is 0.495 e. The third-order valence-electron chi connectivity index (χ3n) is 5.07. The van der Waals surface area contributed by atoms with E-state index in [0.29, 0.717) is 30.5 Å². The zero-order valence-corrected chi connectivity index (χ0v) is 20.9. The molecule has 3 aromatic rings. The Hall–Kier alpha value is -3.72. The van der Waals surface area contributed by atoms with Crippen molar-refractivity contribution in [3.05, 3.63) is 78.4 Å². The first-order valence-corrected chi connectivity index (χ1v) is 12.7. The van der Waals surface area contributed by atoms with Crippen LogP contribution >= 0.6 is 0 Å². The fraction of sp³-hybridized carbons (Fsp3) is 0.269. The van der Waals surface area contributed by atoms with Gasteiger partial charge in [0.15, 0.2) is 11.5 Å².